The molecule has 0 aromatic carbocycles. The highest BCUT2D eigenvalue weighted by molar-refractivity contribution is 5.55. The van der Waals surface area contributed by atoms with E-state index in [1.165, 1.54) is 0 Å². The molecule has 26 heavy (non-hydrogen) atoms. The van der Waals surface area contributed by atoms with Gasteiger partial charge in [-0.05, 0) is 49.6 Å². The summed E-state index contributed by atoms with van der Waals surface area (Å²) in [6.45, 7) is 3.92. The summed E-state index contributed by atoms with van der Waals surface area (Å²) >= 11 is 0. The minimum atomic E-state index is 0.374. The highest BCUT2D eigenvalue weighted by atomic mass is 15.3. The first-order valence-corrected chi connectivity index (χ1v) is 8.97. The number of aryl methyl sites for hydroxylation is 1. The van der Waals surface area contributed by atoms with Crippen molar-refractivity contribution >= 4 is 17.6 Å². The van der Waals surface area contributed by atoms with Crippen molar-refractivity contribution in [1.82, 2.24) is 19.9 Å². The maximum atomic E-state index is 4.84. The van der Waals surface area contributed by atoms with Crippen LogP contribution < -0.4 is 10.2 Å². The molecular weight excluding hydrogens is 324 g/mol. The average Bonchev–Trinajstić information content (AvgIpc) is 2.71. The van der Waals surface area contributed by atoms with E-state index in [1.54, 1.807) is 18.6 Å². The molecule has 4 heterocycles. The van der Waals surface area contributed by atoms with E-state index in [0.717, 1.165) is 54.8 Å². The third-order valence-electron chi connectivity index (χ3n) is 4.70. The first kappa shape index (κ1) is 16.4. The van der Waals surface area contributed by atoms with Crippen LogP contribution in [0.25, 0.3) is 0 Å². The maximum absolute atomic E-state index is 4.84. The molecule has 4 rings (SSSR count). The monoisotopic (exact) mass is 346 g/mol. The van der Waals surface area contributed by atoms with Crippen LogP contribution in [-0.4, -0.2) is 33.0 Å². The fourth-order valence-electron chi connectivity index (χ4n) is 3.34. The van der Waals surface area contributed by atoms with Crippen LogP contribution >= 0.6 is 0 Å². The molecule has 0 radical (unpaired) electrons. The molecule has 0 spiro atoms. The Labute approximate surface area is 153 Å². The molecule has 3 aromatic rings. The summed E-state index contributed by atoms with van der Waals surface area (Å²) in [5.41, 5.74) is 2.20. The molecule has 0 unspecified atom stereocenters. The third kappa shape index (κ3) is 3.64. The Morgan fingerprint density at radius 1 is 1.00 bits per heavy atom. The molecule has 1 N–H and O–H groups in total. The minimum absolute atomic E-state index is 0.374. The quantitative estimate of drug-likeness (QED) is 0.777. The lowest BCUT2D eigenvalue weighted by Crippen LogP contribution is -2.35. The van der Waals surface area contributed by atoms with Gasteiger partial charge in [0, 0.05) is 43.3 Å². The van der Waals surface area contributed by atoms with E-state index < -0.39 is 0 Å². The van der Waals surface area contributed by atoms with E-state index in [1.807, 2.05) is 31.2 Å². The van der Waals surface area contributed by atoms with Crippen molar-refractivity contribution in [2.24, 2.45) is 0 Å². The lowest BCUT2D eigenvalue weighted by atomic mass is 9.94. The zero-order valence-electron chi connectivity index (χ0n) is 14.8. The fraction of sp³-hybridized carbons (Fsp3) is 0.300. The van der Waals surface area contributed by atoms with Gasteiger partial charge in [0.05, 0.1) is 0 Å². The van der Waals surface area contributed by atoms with E-state index in [0.29, 0.717) is 5.92 Å². The van der Waals surface area contributed by atoms with Gasteiger partial charge in [-0.2, -0.15) is 0 Å². The van der Waals surface area contributed by atoms with E-state index in [9.17, 15) is 0 Å². The van der Waals surface area contributed by atoms with E-state index in [4.69, 9.17) is 4.98 Å². The molecule has 132 valence electrons. The van der Waals surface area contributed by atoms with E-state index >= 15 is 0 Å². The lowest BCUT2D eigenvalue weighted by Gasteiger charge is -2.32. The molecular formula is C20H22N6. The molecule has 1 atom stereocenters. The van der Waals surface area contributed by atoms with Gasteiger partial charge in [0.2, 0.25) is 5.95 Å². The molecule has 1 saturated heterocycles. The first-order chi connectivity index (χ1) is 12.8. The number of aromatic nitrogens is 4. The van der Waals surface area contributed by atoms with Crippen molar-refractivity contribution in [1.29, 1.82) is 0 Å². The highest BCUT2D eigenvalue weighted by Gasteiger charge is 2.24. The Hall–Kier alpha value is -3.02. The van der Waals surface area contributed by atoms with E-state index in [-0.39, 0.29) is 0 Å². The van der Waals surface area contributed by atoms with Crippen LogP contribution in [0.15, 0.2) is 55.0 Å². The molecule has 0 amide bonds. The van der Waals surface area contributed by atoms with Gasteiger partial charge in [0.1, 0.15) is 11.6 Å². The second-order valence-electron chi connectivity index (χ2n) is 6.58. The van der Waals surface area contributed by atoms with Crippen molar-refractivity contribution in [2.45, 2.75) is 25.7 Å². The van der Waals surface area contributed by atoms with Crippen LogP contribution in [0.1, 0.15) is 30.0 Å². The summed E-state index contributed by atoms with van der Waals surface area (Å²) in [6, 6.07) is 12.0. The number of piperidine rings is 1. The van der Waals surface area contributed by atoms with Gasteiger partial charge in [-0.1, -0.05) is 12.1 Å². The van der Waals surface area contributed by atoms with Gasteiger partial charge in [-0.3, -0.25) is 0 Å². The summed E-state index contributed by atoms with van der Waals surface area (Å²) in [7, 11) is 0. The summed E-state index contributed by atoms with van der Waals surface area (Å²) in [5.74, 6) is 2.85. The molecule has 6 heteroatoms. The Kier molecular flexibility index (Phi) is 4.73. The summed E-state index contributed by atoms with van der Waals surface area (Å²) in [5, 5.41) is 3.33. The second-order valence-corrected chi connectivity index (χ2v) is 6.58. The Morgan fingerprint density at radius 2 is 1.85 bits per heavy atom. The van der Waals surface area contributed by atoms with Crippen LogP contribution in [0.3, 0.4) is 0 Å². The molecule has 1 aliphatic rings. The third-order valence-corrected chi connectivity index (χ3v) is 4.70. The van der Waals surface area contributed by atoms with Gasteiger partial charge in [0.25, 0.3) is 0 Å². The number of pyridine rings is 2. The highest BCUT2D eigenvalue weighted by Crippen LogP contribution is 2.28. The Morgan fingerprint density at radius 3 is 2.69 bits per heavy atom. The van der Waals surface area contributed by atoms with E-state index in [2.05, 4.69) is 37.3 Å². The largest absolute Gasteiger partial charge is 0.340 e. The van der Waals surface area contributed by atoms with Gasteiger partial charge < -0.3 is 10.2 Å². The van der Waals surface area contributed by atoms with Crippen LogP contribution in [-0.2, 0) is 0 Å². The van der Waals surface area contributed by atoms with Crippen LogP contribution in [0.4, 0.5) is 17.6 Å². The SMILES string of the molecule is Cc1cccnc1Nc1cccc([C@H]2CCCN(c3ncccn3)C2)n1. The number of rotatable bonds is 4. The second kappa shape index (κ2) is 7.47. The smallest absolute Gasteiger partial charge is 0.225 e. The summed E-state index contributed by atoms with van der Waals surface area (Å²) in [4.78, 5) is 20.3. The normalized spacial score (nSPS) is 17.1. The van der Waals surface area contributed by atoms with Crippen molar-refractivity contribution in [3.63, 3.8) is 0 Å². The van der Waals surface area contributed by atoms with Crippen LogP contribution in [0, 0.1) is 6.92 Å². The fourth-order valence-corrected chi connectivity index (χ4v) is 3.34. The predicted octanol–water partition coefficient (Wildman–Crippen LogP) is 3.70. The van der Waals surface area contributed by atoms with Crippen molar-refractivity contribution in [3.8, 4) is 0 Å². The molecule has 1 fully saturated rings. The van der Waals surface area contributed by atoms with Crippen molar-refractivity contribution < 1.29 is 0 Å². The predicted molar refractivity (Wildman–Crippen MR) is 103 cm³/mol. The van der Waals surface area contributed by atoms with Gasteiger partial charge in [-0.15, -0.1) is 0 Å². The number of hydrogen-bond donors (Lipinski definition) is 1. The number of nitrogens with zero attached hydrogens (tertiary/aromatic N) is 5. The zero-order chi connectivity index (χ0) is 17.8. The molecule has 0 aliphatic carbocycles. The number of anilines is 3. The average molecular weight is 346 g/mol. The van der Waals surface area contributed by atoms with Gasteiger partial charge in [-0.25, -0.2) is 19.9 Å². The molecule has 3 aromatic heterocycles. The maximum Gasteiger partial charge on any atom is 0.225 e. The van der Waals surface area contributed by atoms with Gasteiger partial charge >= 0.3 is 0 Å². The van der Waals surface area contributed by atoms with Crippen molar-refractivity contribution in [3.05, 3.63) is 66.2 Å². The minimum Gasteiger partial charge on any atom is -0.340 e. The molecule has 0 bridgehead atoms. The van der Waals surface area contributed by atoms with Gasteiger partial charge in [0.15, 0.2) is 0 Å². The summed E-state index contributed by atoms with van der Waals surface area (Å²) < 4.78 is 0. The van der Waals surface area contributed by atoms with Crippen LogP contribution in [0.2, 0.25) is 0 Å². The molecule has 0 saturated carbocycles. The molecule has 6 nitrogen and oxygen atoms in total. The summed E-state index contributed by atoms with van der Waals surface area (Å²) in [6.07, 6.45) is 7.62. The Bertz CT molecular complexity index is 867. The first-order valence-electron chi connectivity index (χ1n) is 8.97. The van der Waals surface area contributed by atoms with Crippen LogP contribution in [0.5, 0.6) is 0 Å². The zero-order valence-corrected chi connectivity index (χ0v) is 14.8. The number of nitrogens with one attached hydrogen (secondary N) is 1. The standard InChI is InChI=1S/C20H22N6/c1-15-6-3-10-21-19(15)25-18-9-2-8-17(24-18)16-7-4-13-26(14-16)20-22-11-5-12-23-20/h2-3,5-6,8-12,16H,4,7,13-14H2,1H3,(H,21,24,25)/t16-/m0/s1. The Balaban J connectivity index is 1.52. The molecule has 1 aliphatic heterocycles. The number of hydrogen-bond acceptors (Lipinski definition) is 6. The lowest BCUT2D eigenvalue weighted by molar-refractivity contribution is 0.495. The van der Waals surface area contributed by atoms with Crippen molar-refractivity contribution in [2.75, 3.05) is 23.3 Å². The topological polar surface area (TPSA) is 66.8 Å².